The Balaban J connectivity index is 4.48. The normalized spacial score (nSPS) is 15.7. The summed E-state index contributed by atoms with van der Waals surface area (Å²) in [7, 11) is 0. The lowest BCUT2D eigenvalue weighted by atomic mass is 10.2. The molecule has 16 heavy (non-hydrogen) atoms. The van der Waals surface area contributed by atoms with E-state index in [2.05, 4.69) is 36.7 Å². The third kappa shape index (κ3) is 6.03. The van der Waals surface area contributed by atoms with Crippen molar-refractivity contribution in [3.8, 4) is 0 Å². The lowest BCUT2D eigenvalue weighted by molar-refractivity contribution is 0.254. The quantitative estimate of drug-likeness (QED) is 0.677. The first-order valence-electron chi connectivity index (χ1n) is 6.12. The average molecular weight is 226 g/mol. The molecule has 0 aromatic carbocycles. The monoisotopic (exact) mass is 226 g/mol. The highest BCUT2D eigenvalue weighted by Crippen LogP contribution is 2.06. The Morgan fingerprint density at radius 2 is 2.00 bits per heavy atom. The van der Waals surface area contributed by atoms with E-state index in [9.17, 15) is 0 Å². The van der Waals surface area contributed by atoms with Crippen LogP contribution in [-0.2, 0) is 0 Å². The van der Waals surface area contributed by atoms with E-state index in [1.807, 2.05) is 13.8 Å². The summed E-state index contributed by atoms with van der Waals surface area (Å²) in [5.41, 5.74) is 1.74. The molecule has 94 valence electrons. The maximum absolute atomic E-state index is 8.89. The summed E-state index contributed by atoms with van der Waals surface area (Å²) < 4.78 is 0. The summed E-state index contributed by atoms with van der Waals surface area (Å²) in [6.45, 7) is 12.6. The molecule has 0 aromatic rings. The summed E-state index contributed by atoms with van der Waals surface area (Å²) in [6, 6.07) is 0.403. The molecule has 0 heterocycles. The van der Waals surface area contributed by atoms with E-state index < -0.39 is 0 Å². The van der Waals surface area contributed by atoms with Crippen molar-refractivity contribution in [3.05, 3.63) is 11.8 Å². The van der Waals surface area contributed by atoms with Gasteiger partial charge in [-0.05, 0) is 46.4 Å². The SMILES string of the molecule is CCCN(CC)C(C)/C=C(/C)N=C(C)CO. The standard InChI is InChI=1S/C13H26N2O/c1-6-8-15(7-2)13(5)9-11(3)14-12(4)10-16/h9,13,16H,6-8,10H2,1-5H3/b11-9-,14-12?. The number of aliphatic hydroxyl groups is 1. The van der Waals surface area contributed by atoms with Crippen LogP contribution in [0.1, 0.15) is 41.0 Å². The van der Waals surface area contributed by atoms with Gasteiger partial charge in [-0.15, -0.1) is 0 Å². The highest BCUT2D eigenvalue weighted by atomic mass is 16.3. The fourth-order valence-corrected chi connectivity index (χ4v) is 1.77. The minimum atomic E-state index is 0.0337. The van der Waals surface area contributed by atoms with Gasteiger partial charge in [-0.25, -0.2) is 0 Å². The molecule has 1 atom stereocenters. The van der Waals surface area contributed by atoms with Gasteiger partial charge in [0.05, 0.1) is 6.61 Å². The molecule has 0 aliphatic heterocycles. The Hall–Kier alpha value is -0.670. The second-order valence-electron chi connectivity index (χ2n) is 4.18. The van der Waals surface area contributed by atoms with Gasteiger partial charge in [-0.3, -0.25) is 9.89 Å². The molecule has 1 N–H and O–H groups in total. The van der Waals surface area contributed by atoms with E-state index in [4.69, 9.17) is 5.11 Å². The predicted octanol–water partition coefficient (Wildman–Crippen LogP) is 2.46. The van der Waals surface area contributed by atoms with Crippen LogP contribution in [-0.4, -0.2) is 41.5 Å². The number of likely N-dealkylation sites (N-methyl/N-ethyl adjacent to an activating group) is 1. The van der Waals surface area contributed by atoms with Crippen LogP contribution in [0.3, 0.4) is 0 Å². The number of aliphatic imine (C=N–C) groups is 1. The molecule has 0 aliphatic carbocycles. The summed E-state index contributed by atoms with van der Waals surface area (Å²) >= 11 is 0. The van der Waals surface area contributed by atoms with Crippen LogP contribution >= 0.6 is 0 Å². The Bertz CT molecular complexity index is 246. The van der Waals surface area contributed by atoms with Gasteiger partial charge in [0, 0.05) is 17.5 Å². The van der Waals surface area contributed by atoms with Gasteiger partial charge in [0.15, 0.2) is 0 Å². The molecule has 0 spiro atoms. The molecule has 0 rings (SSSR count). The highest BCUT2D eigenvalue weighted by Gasteiger charge is 2.08. The summed E-state index contributed by atoms with van der Waals surface area (Å²) in [4.78, 5) is 6.72. The molecule has 0 saturated carbocycles. The van der Waals surface area contributed by atoms with Crippen LogP contribution in [0.15, 0.2) is 16.8 Å². The maximum atomic E-state index is 8.89. The van der Waals surface area contributed by atoms with Crippen LogP contribution < -0.4 is 0 Å². The number of aliphatic hydroxyl groups excluding tert-OH is 1. The van der Waals surface area contributed by atoms with E-state index >= 15 is 0 Å². The zero-order valence-electron chi connectivity index (χ0n) is 11.3. The van der Waals surface area contributed by atoms with Crippen molar-refractivity contribution >= 4 is 5.71 Å². The van der Waals surface area contributed by atoms with E-state index in [1.165, 1.54) is 6.42 Å². The Morgan fingerprint density at radius 1 is 1.38 bits per heavy atom. The van der Waals surface area contributed by atoms with Crippen LogP contribution in [0.4, 0.5) is 0 Å². The molecule has 3 heteroatoms. The van der Waals surface area contributed by atoms with Crippen molar-refractivity contribution in [3.63, 3.8) is 0 Å². The third-order valence-corrected chi connectivity index (χ3v) is 2.57. The van der Waals surface area contributed by atoms with Gasteiger partial charge in [0.1, 0.15) is 0 Å². The van der Waals surface area contributed by atoms with E-state index in [1.54, 1.807) is 0 Å². The van der Waals surface area contributed by atoms with Gasteiger partial charge in [0.2, 0.25) is 0 Å². The number of hydrogen-bond acceptors (Lipinski definition) is 3. The smallest absolute Gasteiger partial charge is 0.0810 e. The molecule has 0 aliphatic rings. The fraction of sp³-hybridized carbons (Fsp3) is 0.769. The summed E-state index contributed by atoms with van der Waals surface area (Å²) in [6.07, 6.45) is 3.32. The molecular weight excluding hydrogens is 200 g/mol. The van der Waals surface area contributed by atoms with Gasteiger partial charge in [-0.1, -0.05) is 13.8 Å². The zero-order chi connectivity index (χ0) is 12.6. The molecule has 0 amide bonds. The topological polar surface area (TPSA) is 35.8 Å². The van der Waals surface area contributed by atoms with Crippen LogP contribution in [0, 0.1) is 0 Å². The predicted molar refractivity (Wildman–Crippen MR) is 71.0 cm³/mol. The molecule has 0 aromatic heterocycles. The lowest BCUT2D eigenvalue weighted by Gasteiger charge is -2.25. The number of nitrogens with zero attached hydrogens (tertiary/aromatic N) is 2. The summed E-state index contributed by atoms with van der Waals surface area (Å²) in [5, 5.41) is 8.89. The van der Waals surface area contributed by atoms with E-state index in [0.29, 0.717) is 6.04 Å². The van der Waals surface area contributed by atoms with Crippen LogP contribution in [0.25, 0.3) is 0 Å². The van der Waals surface area contributed by atoms with Crippen molar-refractivity contribution in [2.24, 2.45) is 4.99 Å². The van der Waals surface area contributed by atoms with Crippen molar-refractivity contribution in [2.45, 2.75) is 47.1 Å². The molecule has 0 fully saturated rings. The average Bonchev–Trinajstić information content (AvgIpc) is 2.25. The van der Waals surface area contributed by atoms with Gasteiger partial charge in [-0.2, -0.15) is 0 Å². The van der Waals surface area contributed by atoms with Crippen LogP contribution in [0.5, 0.6) is 0 Å². The summed E-state index contributed by atoms with van der Waals surface area (Å²) in [5.74, 6) is 0. The molecule has 1 unspecified atom stereocenters. The zero-order valence-corrected chi connectivity index (χ0v) is 11.3. The first-order chi connectivity index (χ1) is 7.54. The molecule has 0 saturated heterocycles. The number of rotatable bonds is 7. The van der Waals surface area contributed by atoms with Gasteiger partial charge in [0.25, 0.3) is 0 Å². The number of allylic oxidation sites excluding steroid dienone is 1. The maximum Gasteiger partial charge on any atom is 0.0810 e. The van der Waals surface area contributed by atoms with Crippen molar-refractivity contribution in [1.29, 1.82) is 0 Å². The van der Waals surface area contributed by atoms with Crippen LogP contribution in [0.2, 0.25) is 0 Å². The van der Waals surface area contributed by atoms with E-state index in [0.717, 1.165) is 24.5 Å². The fourth-order valence-electron chi connectivity index (χ4n) is 1.77. The Morgan fingerprint density at radius 3 is 2.44 bits per heavy atom. The molecular formula is C13H26N2O. The van der Waals surface area contributed by atoms with E-state index in [-0.39, 0.29) is 6.61 Å². The van der Waals surface area contributed by atoms with Crippen molar-refractivity contribution in [2.75, 3.05) is 19.7 Å². The lowest BCUT2D eigenvalue weighted by Crippen LogP contribution is -2.32. The largest absolute Gasteiger partial charge is 0.390 e. The molecule has 0 bridgehead atoms. The Kier molecular flexibility index (Phi) is 8.12. The minimum Gasteiger partial charge on any atom is -0.390 e. The second-order valence-corrected chi connectivity index (χ2v) is 4.18. The minimum absolute atomic E-state index is 0.0337. The highest BCUT2D eigenvalue weighted by molar-refractivity contribution is 5.83. The molecule has 0 radical (unpaired) electrons. The van der Waals surface area contributed by atoms with Crippen molar-refractivity contribution < 1.29 is 5.11 Å². The van der Waals surface area contributed by atoms with Crippen molar-refractivity contribution in [1.82, 2.24) is 4.90 Å². The molecule has 3 nitrogen and oxygen atoms in total. The first-order valence-corrected chi connectivity index (χ1v) is 6.12. The van der Waals surface area contributed by atoms with Gasteiger partial charge >= 0.3 is 0 Å². The van der Waals surface area contributed by atoms with Gasteiger partial charge < -0.3 is 5.11 Å². The second kappa shape index (κ2) is 8.48. The Labute approximate surface area is 99.9 Å². The third-order valence-electron chi connectivity index (χ3n) is 2.57. The number of hydrogen-bond donors (Lipinski definition) is 1. The first kappa shape index (κ1) is 15.3.